The third-order valence-electron chi connectivity index (χ3n) is 6.55. The van der Waals surface area contributed by atoms with E-state index >= 15 is 0 Å². The molecule has 4 heterocycles. The minimum atomic E-state index is -0.0861. The Bertz CT molecular complexity index is 1200. The van der Waals surface area contributed by atoms with E-state index in [4.69, 9.17) is 11.6 Å². The topological polar surface area (TPSA) is 78.4 Å². The van der Waals surface area contributed by atoms with E-state index in [-0.39, 0.29) is 17.7 Å². The molecule has 2 fully saturated rings. The zero-order valence-electron chi connectivity index (χ0n) is 18.5. The summed E-state index contributed by atoms with van der Waals surface area (Å²) in [4.78, 5) is 35.8. The minimum Gasteiger partial charge on any atom is -0.370 e. The van der Waals surface area contributed by atoms with E-state index in [0.717, 1.165) is 47.5 Å². The molecule has 2 aromatic heterocycles. The van der Waals surface area contributed by atoms with E-state index in [2.05, 4.69) is 19.6 Å². The first kappa shape index (κ1) is 22.1. The Hall–Kier alpha value is -2.71. The van der Waals surface area contributed by atoms with Gasteiger partial charge in [0.15, 0.2) is 0 Å². The Morgan fingerprint density at radius 1 is 1.15 bits per heavy atom. The molecule has 5 rings (SSSR count). The Morgan fingerprint density at radius 3 is 2.64 bits per heavy atom. The zero-order valence-corrected chi connectivity index (χ0v) is 20.1. The highest BCUT2D eigenvalue weighted by Gasteiger charge is 2.31. The fourth-order valence-corrected chi connectivity index (χ4v) is 5.73. The van der Waals surface area contributed by atoms with Gasteiger partial charge in [0, 0.05) is 49.0 Å². The number of benzene rings is 1. The van der Waals surface area contributed by atoms with Crippen molar-refractivity contribution >= 4 is 56.5 Å². The van der Waals surface area contributed by atoms with Crippen molar-refractivity contribution in [3.8, 4) is 0 Å². The van der Waals surface area contributed by atoms with Gasteiger partial charge in [-0.15, -0.1) is 0 Å². The molecule has 1 aromatic carbocycles. The lowest BCUT2D eigenvalue weighted by Gasteiger charge is -2.34. The number of carbonyl (C=O) groups excluding carboxylic acids is 2. The lowest BCUT2D eigenvalue weighted by Crippen LogP contribution is -2.39. The Labute approximate surface area is 201 Å². The van der Waals surface area contributed by atoms with E-state index < -0.39 is 0 Å². The Kier molecular flexibility index (Phi) is 6.21. The summed E-state index contributed by atoms with van der Waals surface area (Å²) in [5.74, 6) is -0.0288. The number of nitrogens with one attached hydrogen (secondary N) is 1. The zero-order chi connectivity index (χ0) is 22.9. The molecule has 7 nitrogen and oxygen atoms in total. The van der Waals surface area contributed by atoms with Gasteiger partial charge in [-0.3, -0.25) is 9.59 Å². The Balaban J connectivity index is 1.37. The summed E-state index contributed by atoms with van der Waals surface area (Å²) >= 11 is 7.41. The van der Waals surface area contributed by atoms with Crippen LogP contribution in [0.25, 0.3) is 10.2 Å². The van der Waals surface area contributed by atoms with Gasteiger partial charge in [0.25, 0.3) is 5.91 Å². The fraction of sp³-hybridized carbons (Fsp3) is 0.417. The van der Waals surface area contributed by atoms with E-state index in [1.807, 2.05) is 24.0 Å². The molecule has 172 valence electrons. The van der Waals surface area contributed by atoms with Crippen LogP contribution in [0, 0.1) is 12.8 Å². The van der Waals surface area contributed by atoms with Crippen molar-refractivity contribution in [2.75, 3.05) is 36.4 Å². The van der Waals surface area contributed by atoms with Crippen molar-refractivity contribution < 1.29 is 9.59 Å². The summed E-state index contributed by atoms with van der Waals surface area (Å²) in [6, 6.07) is 7.21. The van der Waals surface area contributed by atoms with E-state index in [1.165, 1.54) is 11.5 Å². The number of hydrogen-bond donors (Lipinski definition) is 1. The van der Waals surface area contributed by atoms with Crippen molar-refractivity contribution in [1.29, 1.82) is 0 Å². The molecule has 2 aliphatic rings. The summed E-state index contributed by atoms with van der Waals surface area (Å²) in [5.41, 5.74) is 3.19. The van der Waals surface area contributed by atoms with Gasteiger partial charge in [-0.25, -0.2) is 4.98 Å². The van der Waals surface area contributed by atoms with Crippen LogP contribution in [0.5, 0.6) is 0 Å². The first-order chi connectivity index (χ1) is 16.0. The molecule has 2 aliphatic heterocycles. The second-order valence-electron chi connectivity index (χ2n) is 8.73. The van der Waals surface area contributed by atoms with Gasteiger partial charge in [0.1, 0.15) is 4.83 Å². The van der Waals surface area contributed by atoms with Gasteiger partial charge in [0.2, 0.25) is 5.91 Å². The van der Waals surface area contributed by atoms with Gasteiger partial charge >= 0.3 is 0 Å². The number of aryl methyl sites for hydroxylation is 1. The number of aromatic nitrogens is 2. The predicted octanol–water partition coefficient (Wildman–Crippen LogP) is 4.74. The molecular weight excluding hydrogens is 458 g/mol. The number of amides is 2. The SMILES string of the molecule is Cc1nsc2ncc(C(=O)N3CCCC3)c(N3CCC(C(=O)Nc4cccc(Cl)c4)CC3)c12. The molecule has 0 aliphatic carbocycles. The van der Waals surface area contributed by atoms with Crippen LogP contribution in [0.1, 0.15) is 41.7 Å². The summed E-state index contributed by atoms with van der Waals surface area (Å²) in [5, 5.41) is 4.55. The largest absolute Gasteiger partial charge is 0.370 e. The van der Waals surface area contributed by atoms with Gasteiger partial charge in [0.05, 0.1) is 22.3 Å². The van der Waals surface area contributed by atoms with Gasteiger partial charge < -0.3 is 15.1 Å². The number of pyridine rings is 1. The fourth-order valence-electron chi connectivity index (χ4n) is 4.79. The number of likely N-dealkylation sites (tertiary alicyclic amines) is 1. The third kappa shape index (κ3) is 4.42. The molecule has 2 amide bonds. The maximum Gasteiger partial charge on any atom is 0.257 e. The monoisotopic (exact) mass is 483 g/mol. The lowest BCUT2D eigenvalue weighted by molar-refractivity contribution is -0.120. The molecule has 0 unspecified atom stereocenters. The predicted molar refractivity (Wildman–Crippen MR) is 132 cm³/mol. The molecule has 3 aromatic rings. The van der Waals surface area contributed by atoms with Crippen LogP contribution in [-0.2, 0) is 4.79 Å². The number of piperidine rings is 1. The minimum absolute atomic E-state index is 0.0125. The van der Waals surface area contributed by atoms with Crippen LogP contribution in [0.15, 0.2) is 30.5 Å². The molecule has 0 bridgehead atoms. The molecule has 9 heteroatoms. The highest BCUT2D eigenvalue weighted by Crippen LogP contribution is 2.37. The maximum atomic E-state index is 13.4. The maximum absolute atomic E-state index is 13.4. The summed E-state index contributed by atoms with van der Waals surface area (Å²) in [6.07, 6.45) is 5.23. The summed E-state index contributed by atoms with van der Waals surface area (Å²) in [7, 11) is 0. The first-order valence-electron chi connectivity index (χ1n) is 11.4. The second-order valence-corrected chi connectivity index (χ2v) is 9.92. The van der Waals surface area contributed by atoms with Crippen LogP contribution >= 0.6 is 23.1 Å². The Morgan fingerprint density at radius 2 is 1.91 bits per heavy atom. The molecule has 0 radical (unpaired) electrons. The number of nitrogens with zero attached hydrogens (tertiary/aromatic N) is 4. The van der Waals surface area contributed by atoms with Gasteiger partial charge in [-0.2, -0.15) is 4.37 Å². The van der Waals surface area contributed by atoms with E-state index in [1.54, 1.807) is 18.3 Å². The molecule has 0 atom stereocenters. The van der Waals surface area contributed by atoms with Gasteiger partial charge in [-0.05, 0) is 62.3 Å². The molecule has 0 spiro atoms. The highest BCUT2D eigenvalue weighted by atomic mass is 35.5. The van der Waals surface area contributed by atoms with Crippen LogP contribution in [0.2, 0.25) is 5.02 Å². The van der Waals surface area contributed by atoms with Gasteiger partial charge in [-0.1, -0.05) is 17.7 Å². The number of fused-ring (bicyclic) bond motifs is 1. The van der Waals surface area contributed by atoms with Crippen LogP contribution in [0.4, 0.5) is 11.4 Å². The van der Waals surface area contributed by atoms with Crippen molar-refractivity contribution in [2.45, 2.75) is 32.6 Å². The van der Waals surface area contributed by atoms with Crippen molar-refractivity contribution in [3.63, 3.8) is 0 Å². The summed E-state index contributed by atoms with van der Waals surface area (Å²) < 4.78 is 4.50. The summed E-state index contributed by atoms with van der Waals surface area (Å²) in [6.45, 7) is 4.95. The quantitative estimate of drug-likeness (QED) is 0.579. The molecule has 33 heavy (non-hydrogen) atoms. The van der Waals surface area contributed by atoms with Crippen LogP contribution in [0.3, 0.4) is 0 Å². The first-order valence-corrected chi connectivity index (χ1v) is 12.5. The van der Waals surface area contributed by atoms with Crippen LogP contribution < -0.4 is 10.2 Å². The average Bonchev–Trinajstić information content (AvgIpc) is 3.49. The van der Waals surface area contributed by atoms with Crippen LogP contribution in [-0.4, -0.2) is 52.3 Å². The third-order valence-corrected chi connectivity index (χ3v) is 7.63. The number of anilines is 2. The molecule has 2 saturated heterocycles. The smallest absolute Gasteiger partial charge is 0.257 e. The van der Waals surface area contributed by atoms with Crippen molar-refractivity contribution in [1.82, 2.24) is 14.3 Å². The van der Waals surface area contributed by atoms with Crippen molar-refractivity contribution in [3.05, 3.63) is 46.7 Å². The molecule has 0 saturated carbocycles. The normalized spacial score (nSPS) is 17.0. The second kappa shape index (κ2) is 9.27. The molecule has 1 N–H and O–H groups in total. The average molecular weight is 484 g/mol. The van der Waals surface area contributed by atoms with E-state index in [0.29, 0.717) is 42.2 Å². The molecular formula is C24H26ClN5O2S. The number of carbonyl (C=O) groups is 2. The number of hydrogen-bond acceptors (Lipinski definition) is 6. The lowest BCUT2D eigenvalue weighted by atomic mass is 9.94. The standard InChI is InChI=1S/C24H26ClN5O2S/c1-15-20-21(19(14-26-23(20)33-28-15)24(32)30-9-2-3-10-30)29-11-7-16(8-12-29)22(31)27-18-6-4-5-17(25)13-18/h4-6,13-14,16H,2-3,7-12H2,1H3,(H,27,31). The van der Waals surface area contributed by atoms with E-state index in [9.17, 15) is 9.59 Å². The highest BCUT2D eigenvalue weighted by molar-refractivity contribution is 7.13. The number of rotatable bonds is 4. The van der Waals surface area contributed by atoms with Crippen molar-refractivity contribution in [2.24, 2.45) is 5.92 Å². The number of halogens is 1.